The zero-order valence-corrected chi connectivity index (χ0v) is 9.71. The lowest BCUT2D eigenvalue weighted by Crippen LogP contribution is -2.01. The third kappa shape index (κ3) is 1.62. The number of nitrogens with zero attached hydrogens (tertiary/aromatic N) is 1. The van der Waals surface area contributed by atoms with E-state index in [1.165, 1.54) is 6.07 Å². The largest absolute Gasteiger partial charge is 0.384 e. The van der Waals surface area contributed by atoms with Gasteiger partial charge in [-0.1, -0.05) is 19.9 Å². The van der Waals surface area contributed by atoms with Crippen LogP contribution in [0.2, 0.25) is 0 Å². The molecule has 16 heavy (non-hydrogen) atoms. The average Bonchev–Trinajstić information content (AvgIpc) is 2.22. The van der Waals surface area contributed by atoms with E-state index in [-0.39, 0.29) is 11.7 Å². The molecule has 0 unspecified atom stereocenters. The number of fused-ring (bicyclic) bond motifs is 1. The first kappa shape index (κ1) is 10.9. The minimum atomic E-state index is -0.194. The van der Waals surface area contributed by atoms with Crippen LogP contribution in [0.15, 0.2) is 18.2 Å². The Balaban J connectivity index is 2.92. The van der Waals surface area contributed by atoms with Crippen LogP contribution in [0.1, 0.15) is 31.0 Å². The molecule has 0 bridgehead atoms. The molecule has 1 aromatic carbocycles. The van der Waals surface area contributed by atoms with Gasteiger partial charge in [0.05, 0.1) is 5.69 Å². The summed E-state index contributed by atoms with van der Waals surface area (Å²) in [6.07, 6.45) is 0. The molecule has 0 amide bonds. The monoisotopic (exact) mass is 218 g/mol. The van der Waals surface area contributed by atoms with Crippen molar-refractivity contribution in [2.24, 2.45) is 0 Å². The predicted octanol–water partition coefficient (Wildman–Crippen LogP) is 3.39. The fourth-order valence-electron chi connectivity index (χ4n) is 1.97. The lowest BCUT2D eigenvalue weighted by molar-refractivity contribution is 0.620. The predicted molar refractivity (Wildman–Crippen MR) is 64.9 cm³/mol. The van der Waals surface area contributed by atoms with Crippen LogP contribution in [-0.4, -0.2) is 4.98 Å². The van der Waals surface area contributed by atoms with Gasteiger partial charge in [-0.05, 0) is 35.9 Å². The highest BCUT2D eigenvalue weighted by Crippen LogP contribution is 2.29. The van der Waals surface area contributed by atoms with E-state index in [0.29, 0.717) is 11.4 Å². The molecule has 0 radical (unpaired) electrons. The minimum absolute atomic E-state index is 0.194. The number of hydrogen-bond acceptors (Lipinski definition) is 2. The zero-order valence-electron chi connectivity index (χ0n) is 9.71. The molecule has 2 nitrogen and oxygen atoms in total. The Labute approximate surface area is 94.3 Å². The molecule has 0 aliphatic carbocycles. The van der Waals surface area contributed by atoms with Crippen LogP contribution in [0.4, 0.5) is 10.2 Å². The van der Waals surface area contributed by atoms with Gasteiger partial charge in [0.25, 0.3) is 0 Å². The molecule has 84 valence electrons. The van der Waals surface area contributed by atoms with E-state index in [4.69, 9.17) is 5.73 Å². The highest BCUT2D eigenvalue weighted by atomic mass is 19.1. The Morgan fingerprint density at radius 1 is 1.31 bits per heavy atom. The highest BCUT2D eigenvalue weighted by Gasteiger charge is 2.12. The van der Waals surface area contributed by atoms with Crippen LogP contribution in [0.3, 0.4) is 0 Å². The second-order valence-corrected chi connectivity index (χ2v) is 4.36. The third-order valence-electron chi connectivity index (χ3n) is 2.79. The smallest absolute Gasteiger partial charge is 0.126 e. The number of aryl methyl sites for hydroxylation is 1. The van der Waals surface area contributed by atoms with Gasteiger partial charge in [-0.15, -0.1) is 0 Å². The molecule has 0 fully saturated rings. The van der Waals surface area contributed by atoms with Crippen molar-refractivity contribution < 1.29 is 4.39 Å². The van der Waals surface area contributed by atoms with E-state index in [1.807, 2.05) is 13.8 Å². The molecule has 0 spiro atoms. The van der Waals surface area contributed by atoms with Gasteiger partial charge in [0.1, 0.15) is 11.6 Å². The summed E-state index contributed by atoms with van der Waals surface area (Å²) < 4.78 is 13.5. The quantitative estimate of drug-likeness (QED) is 0.796. The van der Waals surface area contributed by atoms with Crippen LogP contribution in [0, 0.1) is 12.7 Å². The van der Waals surface area contributed by atoms with Crippen LogP contribution in [-0.2, 0) is 0 Å². The van der Waals surface area contributed by atoms with Crippen molar-refractivity contribution in [2.75, 3.05) is 5.73 Å². The summed E-state index contributed by atoms with van der Waals surface area (Å²) in [6.45, 7) is 5.85. The van der Waals surface area contributed by atoms with E-state index in [2.05, 4.69) is 4.98 Å². The van der Waals surface area contributed by atoms with Crippen molar-refractivity contribution in [3.05, 3.63) is 35.3 Å². The molecule has 0 aliphatic rings. The van der Waals surface area contributed by atoms with Crippen molar-refractivity contribution in [2.45, 2.75) is 26.7 Å². The fraction of sp³-hybridized carbons (Fsp3) is 0.308. The molecule has 0 saturated heterocycles. The van der Waals surface area contributed by atoms with Crippen LogP contribution >= 0.6 is 0 Å². The van der Waals surface area contributed by atoms with Gasteiger partial charge >= 0.3 is 0 Å². The van der Waals surface area contributed by atoms with Gasteiger partial charge in [-0.2, -0.15) is 0 Å². The fourth-order valence-corrected chi connectivity index (χ4v) is 1.97. The van der Waals surface area contributed by atoms with Crippen molar-refractivity contribution in [3.8, 4) is 0 Å². The normalized spacial score (nSPS) is 11.3. The summed E-state index contributed by atoms with van der Waals surface area (Å²) in [5.41, 5.74) is 7.26. The first-order chi connectivity index (χ1) is 7.50. The number of hydrogen-bond donors (Lipinski definition) is 1. The Morgan fingerprint density at radius 2 is 2.00 bits per heavy atom. The number of nitrogens with two attached hydrogens (primary N) is 1. The SMILES string of the molecule is Cc1c(F)ccc2cc(N)nc(C(C)C)c12. The number of benzene rings is 1. The Morgan fingerprint density at radius 3 is 2.62 bits per heavy atom. The number of aromatic nitrogens is 1. The highest BCUT2D eigenvalue weighted by molar-refractivity contribution is 5.89. The van der Waals surface area contributed by atoms with Crippen LogP contribution in [0.5, 0.6) is 0 Å². The average molecular weight is 218 g/mol. The molecule has 3 heteroatoms. The third-order valence-corrected chi connectivity index (χ3v) is 2.79. The first-order valence-corrected chi connectivity index (χ1v) is 5.36. The maximum atomic E-state index is 13.5. The van der Waals surface area contributed by atoms with Crippen molar-refractivity contribution in [1.82, 2.24) is 4.98 Å². The van der Waals surface area contributed by atoms with E-state index in [0.717, 1.165) is 16.5 Å². The number of anilines is 1. The summed E-state index contributed by atoms with van der Waals surface area (Å²) in [5.74, 6) is 0.523. The number of nitrogen functional groups attached to an aromatic ring is 1. The van der Waals surface area contributed by atoms with E-state index < -0.39 is 0 Å². The molecular formula is C13H15FN2. The molecule has 0 atom stereocenters. The maximum Gasteiger partial charge on any atom is 0.126 e. The van der Waals surface area contributed by atoms with Gasteiger partial charge < -0.3 is 5.73 Å². The van der Waals surface area contributed by atoms with Gasteiger partial charge in [0.15, 0.2) is 0 Å². The molecule has 2 rings (SSSR count). The van der Waals surface area contributed by atoms with E-state index >= 15 is 0 Å². The number of halogens is 1. The lowest BCUT2D eigenvalue weighted by Gasteiger charge is -2.12. The number of rotatable bonds is 1. The molecule has 0 aliphatic heterocycles. The molecule has 1 heterocycles. The van der Waals surface area contributed by atoms with Crippen LogP contribution in [0.25, 0.3) is 10.8 Å². The van der Waals surface area contributed by atoms with E-state index in [9.17, 15) is 4.39 Å². The first-order valence-electron chi connectivity index (χ1n) is 5.36. The molecule has 2 aromatic rings. The lowest BCUT2D eigenvalue weighted by atomic mass is 9.98. The second-order valence-electron chi connectivity index (χ2n) is 4.36. The minimum Gasteiger partial charge on any atom is -0.384 e. The topological polar surface area (TPSA) is 38.9 Å². The molecule has 2 N–H and O–H groups in total. The maximum absolute atomic E-state index is 13.5. The number of pyridine rings is 1. The van der Waals surface area contributed by atoms with Gasteiger partial charge in [0.2, 0.25) is 0 Å². The van der Waals surface area contributed by atoms with Gasteiger partial charge in [0, 0.05) is 5.39 Å². The Hall–Kier alpha value is -1.64. The summed E-state index contributed by atoms with van der Waals surface area (Å²) in [5, 5.41) is 1.85. The second kappa shape index (κ2) is 3.74. The molecule has 1 aromatic heterocycles. The summed E-state index contributed by atoms with van der Waals surface area (Å²) >= 11 is 0. The summed E-state index contributed by atoms with van der Waals surface area (Å²) in [6, 6.07) is 5.01. The Bertz CT molecular complexity index is 547. The zero-order chi connectivity index (χ0) is 11.9. The van der Waals surface area contributed by atoms with Crippen LogP contribution < -0.4 is 5.73 Å². The summed E-state index contributed by atoms with van der Waals surface area (Å²) in [7, 11) is 0. The van der Waals surface area contributed by atoms with Gasteiger partial charge in [-0.3, -0.25) is 0 Å². The van der Waals surface area contributed by atoms with Crippen molar-refractivity contribution in [3.63, 3.8) is 0 Å². The molecule has 0 saturated carbocycles. The Kier molecular flexibility index (Phi) is 2.54. The molecular weight excluding hydrogens is 203 g/mol. The van der Waals surface area contributed by atoms with Crippen molar-refractivity contribution >= 4 is 16.6 Å². The standard InChI is InChI=1S/C13H15FN2/c1-7(2)13-12-8(3)10(14)5-4-9(12)6-11(15)16-13/h4-7H,1-3H3,(H2,15,16). The van der Waals surface area contributed by atoms with E-state index in [1.54, 1.807) is 19.1 Å². The van der Waals surface area contributed by atoms with Crippen molar-refractivity contribution in [1.29, 1.82) is 0 Å². The summed E-state index contributed by atoms with van der Waals surface area (Å²) in [4.78, 5) is 4.31. The van der Waals surface area contributed by atoms with Gasteiger partial charge in [-0.25, -0.2) is 9.37 Å².